The summed E-state index contributed by atoms with van der Waals surface area (Å²) in [6.07, 6.45) is 0.801. The van der Waals surface area contributed by atoms with E-state index in [1.165, 1.54) is 0 Å². The van der Waals surface area contributed by atoms with Crippen molar-refractivity contribution >= 4 is 23.2 Å². The third-order valence-electron chi connectivity index (χ3n) is 6.05. The zero-order valence-corrected chi connectivity index (χ0v) is 19.8. The van der Waals surface area contributed by atoms with Crippen molar-refractivity contribution in [1.29, 1.82) is 0 Å². The van der Waals surface area contributed by atoms with Crippen molar-refractivity contribution in [3.63, 3.8) is 0 Å². The Morgan fingerprint density at radius 2 is 1.88 bits per heavy atom. The minimum atomic E-state index is -0.543. The van der Waals surface area contributed by atoms with Crippen LogP contribution in [0.4, 0.5) is 0 Å². The van der Waals surface area contributed by atoms with Crippen LogP contribution in [-0.2, 0) is 11.3 Å². The summed E-state index contributed by atoms with van der Waals surface area (Å²) in [5, 5.41) is 9.02. The van der Waals surface area contributed by atoms with Gasteiger partial charge in [-0.05, 0) is 29.5 Å². The molecule has 33 heavy (non-hydrogen) atoms. The molecular formula is C24H29N5O3S. The summed E-state index contributed by atoms with van der Waals surface area (Å²) in [6.45, 7) is 7.21. The molecule has 4 rings (SSSR count). The summed E-state index contributed by atoms with van der Waals surface area (Å²) in [4.78, 5) is 35.5. The van der Waals surface area contributed by atoms with Gasteiger partial charge in [-0.15, -0.1) is 11.3 Å². The highest BCUT2D eigenvalue weighted by molar-refractivity contribution is 7.13. The molecule has 1 saturated heterocycles. The van der Waals surface area contributed by atoms with Gasteiger partial charge in [0.05, 0.1) is 11.4 Å². The minimum Gasteiger partial charge on any atom is -0.340 e. The number of amides is 2. The van der Waals surface area contributed by atoms with E-state index in [0.29, 0.717) is 50.0 Å². The number of rotatable bonds is 8. The van der Waals surface area contributed by atoms with Gasteiger partial charge in [-0.3, -0.25) is 14.5 Å². The highest BCUT2D eigenvalue weighted by Crippen LogP contribution is 2.22. The van der Waals surface area contributed by atoms with Gasteiger partial charge in [-0.1, -0.05) is 49.7 Å². The number of carbonyl (C=O) groups is 2. The monoisotopic (exact) mass is 467 g/mol. The van der Waals surface area contributed by atoms with Crippen LogP contribution in [0.15, 0.2) is 52.4 Å². The molecule has 1 aliphatic rings. The predicted molar refractivity (Wildman–Crippen MR) is 127 cm³/mol. The molecule has 0 bridgehead atoms. The van der Waals surface area contributed by atoms with Crippen LogP contribution in [0.1, 0.15) is 36.5 Å². The van der Waals surface area contributed by atoms with Gasteiger partial charge in [0.25, 0.3) is 5.91 Å². The zero-order chi connectivity index (χ0) is 23.2. The number of thiophene rings is 1. The molecule has 0 aliphatic carbocycles. The van der Waals surface area contributed by atoms with E-state index in [1.54, 1.807) is 23.5 Å². The molecule has 1 fully saturated rings. The fourth-order valence-corrected chi connectivity index (χ4v) is 4.49. The quantitative estimate of drug-likeness (QED) is 0.547. The van der Waals surface area contributed by atoms with Crippen molar-refractivity contribution in [1.82, 2.24) is 25.3 Å². The number of piperazine rings is 1. The van der Waals surface area contributed by atoms with Crippen molar-refractivity contribution in [2.45, 2.75) is 32.9 Å². The maximum Gasteiger partial charge on any atom is 0.251 e. The van der Waals surface area contributed by atoms with Crippen molar-refractivity contribution in [2.24, 2.45) is 5.92 Å². The van der Waals surface area contributed by atoms with Gasteiger partial charge in [-0.2, -0.15) is 4.98 Å². The Kier molecular flexibility index (Phi) is 7.51. The molecule has 1 N–H and O–H groups in total. The lowest BCUT2D eigenvalue weighted by Crippen LogP contribution is -2.56. The van der Waals surface area contributed by atoms with Crippen LogP contribution in [0.2, 0.25) is 0 Å². The molecule has 8 nitrogen and oxygen atoms in total. The number of nitrogens with one attached hydrogen (secondary N) is 1. The van der Waals surface area contributed by atoms with E-state index in [-0.39, 0.29) is 17.7 Å². The predicted octanol–water partition coefficient (Wildman–Crippen LogP) is 3.29. The first kappa shape index (κ1) is 23.1. The van der Waals surface area contributed by atoms with Gasteiger partial charge in [0.2, 0.25) is 17.6 Å². The number of carbonyl (C=O) groups excluding carboxylic acids is 2. The lowest BCUT2D eigenvalue weighted by molar-refractivity contribution is -0.136. The maximum atomic E-state index is 13.3. The number of nitrogens with zero attached hydrogens (tertiary/aromatic N) is 4. The number of aromatic nitrogens is 2. The molecule has 2 amide bonds. The Bertz CT molecular complexity index is 1050. The van der Waals surface area contributed by atoms with Gasteiger partial charge >= 0.3 is 0 Å². The standard InChI is InChI=1S/C24H29N5O3S/c1-3-17(2)21(26-23(30)18-8-5-4-6-9-18)24(31)29-13-11-28(12-14-29)16-20-25-22(27-32-20)19-10-7-15-33-19/h4-10,15,17,21H,3,11-14,16H2,1-2H3,(H,26,30). The molecule has 0 radical (unpaired) electrons. The molecule has 0 spiro atoms. The molecule has 174 valence electrons. The molecule has 1 aliphatic heterocycles. The average molecular weight is 468 g/mol. The molecule has 0 saturated carbocycles. The maximum absolute atomic E-state index is 13.3. The van der Waals surface area contributed by atoms with Crippen LogP contribution in [0.3, 0.4) is 0 Å². The molecule has 2 aromatic heterocycles. The van der Waals surface area contributed by atoms with E-state index in [0.717, 1.165) is 11.3 Å². The van der Waals surface area contributed by atoms with Crippen molar-refractivity contribution in [3.05, 3.63) is 59.3 Å². The number of benzene rings is 1. The molecule has 3 heterocycles. The first-order valence-corrected chi connectivity index (χ1v) is 12.2. The molecule has 2 unspecified atom stereocenters. The summed E-state index contributed by atoms with van der Waals surface area (Å²) in [5.74, 6) is 0.985. The zero-order valence-electron chi connectivity index (χ0n) is 18.9. The Morgan fingerprint density at radius 3 is 2.55 bits per heavy atom. The van der Waals surface area contributed by atoms with Crippen molar-refractivity contribution < 1.29 is 14.1 Å². The molecule has 2 atom stereocenters. The van der Waals surface area contributed by atoms with Crippen LogP contribution in [0.5, 0.6) is 0 Å². The van der Waals surface area contributed by atoms with Gasteiger partial charge in [0.1, 0.15) is 6.04 Å². The van der Waals surface area contributed by atoms with Gasteiger partial charge in [0.15, 0.2) is 0 Å². The van der Waals surface area contributed by atoms with Gasteiger partial charge < -0.3 is 14.7 Å². The Hall–Kier alpha value is -3.04. The Balaban J connectivity index is 1.33. The minimum absolute atomic E-state index is 0.0222. The molecule has 9 heteroatoms. The van der Waals surface area contributed by atoms with E-state index in [9.17, 15) is 9.59 Å². The van der Waals surface area contributed by atoms with Crippen molar-refractivity contribution in [3.8, 4) is 10.7 Å². The first-order valence-electron chi connectivity index (χ1n) is 11.3. The fourth-order valence-electron chi connectivity index (χ4n) is 3.84. The second-order valence-electron chi connectivity index (χ2n) is 8.29. The summed E-state index contributed by atoms with van der Waals surface area (Å²) in [6, 6.07) is 12.4. The fraction of sp³-hybridized carbons (Fsp3) is 0.417. The lowest BCUT2D eigenvalue weighted by Gasteiger charge is -2.37. The third kappa shape index (κ3) is 5.66. The molecule has 3 aromatic rings. The van der Waals surface area contributed by atoms with Gasteiger partial charge in [0, 0.05) is 31.7 Å². The van der Waals surface area contributed by atoms with E-state index < -0.39 is 6.04 Å². The summed E-state index contributed by atoms with van der Waals surface area (Å²) in [5.41, 5.74) is 0.560. The largest absolute Gasteiger partial charge is 0.340 e. The van der Waals surface area contributed by atoms with Crippen LogP contribution in [0, 0.1) is 5.92 Å². The smallest absolute Gasteiger partial charge is 0.251 e. The number of hydrogen-bond donors (Lipinski definition) is 1. The SMILES string of the molecule is CCC(C)C(NC(=O)c1ccccc1)C(=O)N1CCN(Cc2nc(-c3cccs3)no2)CC1. The first-order chi connectivity index (χ1) is 16.0. The topological polar surface area (TPSA) is 91.6 Å². The van der Waals surface area contributed by atoms with Crippen LogP contribution >= 0.6 is 11.3 Å². The van der Waals surface area contributed by atoms with Crippen LogP contribution in [0.25, 0.3) is 10.7 Å². The third-order valence-corrected chi connectivity index (χ3v) is 6.92. The van der Waals surface area contributed by atoms with Gasteiger partial charge in [-0.25, -0.2) is 0 Å². The molecule has 1 aromatic carbocycles. The molecular weight excluding hydrogens is 438 g/mol. The average Bonchev–Trinajstić information content (AvgIpc) is 3.55. The van der Waals surface area contributed by atoms with E-state index in [1.807, 2.05) is 54.5 Å². The highest BCUT2D eigenvalue weighted by Gasteiger charge is 2.32. The second-order valence-corrected chi connectivity index (χ2v) is 9.24. The highest BCUT2D eigenvalue weighted by atomic mass is 32.1. The van der Waals surface area contributed by atoms with Crippen LogP contribution in [-0.4, -0.2) is 64.0 Å². The lowest BCUT2D eigenvalue weighted by atomic mass is 9.97. The van der Waals surface area contributed by atoms with Crippen LogP contribution < -0.4 is 5.32 Å². The van der Waals surface area contributed by atoms with E-state index in [2.05, 4.69) is 20.4 Å². The Labute approximate surface area is 197 Å². The summed E-state index contributed by atoms with van der Waals surface area (Å²) >= 11 is 1.58. The van der Waals surface area contributed by atoms with E-state index in [4.69, 9.17) is 4.52 Å². The van der Waals surface area contributed by atoms with E-state index >= 15 is 0 Å². The summed E-state index contributed by atoms with van der Waals surface area (Å²) < 4.78 is 5.41. The second kappa shape index (κ2) is 10.7. The van der Waals surface area contributed by atoms with Crippen molar-refractivity contribution in [2.75, 3.05) is 26.2 Å². The normalized spacial score (nSPS) is 16.4. The number of hydrogen-bond acceptors (Lipinski definition) is 7. The summed E-state index contributed by atoms with van der Waals surface area (Å²) in [7, 11) is 0. The Morgan fingerprint density at radius 1 is 1.12 bits per heavy atom.